The molecule has 0 saturated carbocycles. The number of carbonyl (C=O) groups is 1. The third-order valence-corrected chi connectivity index (χ3v) is 4.82. The molecule has 3 aromatic heterocycles. The van der Waals surface area contributed by atoms with Gasteiger partial charge in [0, 0.05) is 38.6 Å². The van der Waals surface area contributed by atoms with Gasteiger partial charge in [-0.3, -0.25) is 9.78 Å². The van der Waals surface area contributed by atoms with Crippen LogP contribution < -0.4 is 10.1 Å². The first-order valence-electron chi connectivity index (χ1n) is 9.58. The third-order valence-electron chi connectivity index (χ3n) is 4.82. The fourth-order valence-electron chi connectivity index (χ4n) is 3.11. The van der Waals surface area contributed by atoms with Gasteiger partial charge in [0.25, 0.3) is 5.91 Å². The largest absolute Gasteiger partial charge is 0.471 e. The maximum atomic E-state index is 13.1. The number of ether oxygens (including phenoxy) is 2. The Morgan fingerprint density at radius 2 is 2.07 bits per heavy atom. The molecular weight excluding hydrogens is 391 g/mol. The van der Waals surface area contributed by atoms with Crippen LogP contribution >= 0.6 is 0 Å². The first-order valence-corrected chi connectivity index (χ1v) is 9.58. The van der Waals surface area contributed by atoms with Crippen LogP contribution in [0.15, 0.2) is 36.7 Å². The Kier molecular flexibility index (Phi) is 5.94. The molecule has 4 rings (SSSR count). The normalized spacial score (nSPS) is 14.5. The predicted molar refractivity (Wildman–Crippen MR) is 104 cm³/mol. The topological polar surface area (TPSA) is 104 Å². The maximum Gasteiger partial charge on any atom is 0.253 e. The van der Waals surface area contributed by atoms with Crippen LogP contribution in [0, 0.1) is 5.82 Å². The molecule has 1 aliphatic rings. The number of hydrogen-bond acceptors (Lipinski definition) is 7. The van der Waals surface area contributed by atoms with Gasteiger partial charge in [0.1, 0.15) is 23.8 Å². The number of hydrogen-bond donors (Lipinski definition) is 1. The highest BCUT2D eigenvalue weighted by atomic mass is 19.1. The van der Waals surface area contributed by atoms with Crippen molar-refractivity contribution >= 4 is 5.91 Å². The van der Waals surface area contributed by atoms with E-state index in [1.807, 2.05) is 0 Å². The molecule has 0 atom stereocenters. The van der Waals surface area contributed by atoms with Crippen LogP contribution in [0.1, 0.15) is 28.9 Å². The van der Waals surface area contributed by atoms with Crippen molar-refractivity contribution in [2.24, 2.45) is 7.05 Å². The number of nitrogens with one attached hydrogen (secondary N) is 1. The number of rotatable bonds is 6. The van der Waals surface area contributed by atoms with E-state index in [0.717, 1.165) is 19.0 Å². The van der Waals surface area contributed by atoms with Crippen LogP contribution in [-0.4, -0.2) is 50.1 Å². The van der Waals surface area contributed by atoms with Crippen LogP contribution in [0.2, 0.25) is 0 Å². The Morgan fingerprint density at radius 3 is 2.77 bits per heavy atom. The van der Waals surface area contributed by atoms with Gasteiger partial charge in [-0.15, -0.1) is 5.10 Å². The molecule has 0 unspecified atom stereocenters. The Labute approximate surface area is 172 Å². The van der Waals surface area contributed by atoms with E-state index in [9.17, 15) is 9.18 Å². The summed E-state index contributed by atoms with van der Waals surface area (Å²) in [4.78, 5) is 20.6. The standard InChI is InChI=1S/C20H21FN6O3/c1-27-17(19(25-26-27)16-4-3-14(21)11-22-16)12-30-18-5-2-13(10-23-18)20(28)24-15-6-8-29-9-7-15/h2-5,10-11,15H,6-9,12H2,1H3,(H,24,28). The Balaban J connectivity index is 1.39. The van der Waals surface area contributed by atoms with Crippen molar-refractivity contribution in [1.29, 1.82) is 0 Å². The number of halogens is 1. The van der Waals surface area contributed by atoms with Gasteiger partial charge in [-0.25, -0.2) is 14.1 Å². The Morgan fingerprint density at radius 1 is 1.23 bits per heavy atom. The highest BCUT2D eigenvalue weighted by molar-refractivity contribution is 5.94. The first kappa shape index (κ1) is 19.9. The zero-order valence-electron chi connectivity index (χ0n) is 16.4. The summed E-state index contributed by atoms with van der Waals surface area (Å²) in [6, 6.07) is 6.28. The maximum absolute atomic E-state index is 13.1. The second-order valence-electron chi connectivity index (χ2n) is 6.90. The Hall–Kier alpha value is -3.40. The Bertz CT molecular complexity index is 1000. The smallest absolute Gasteiger partial charge is 0.253 e. The molecular formula is C20H21FN6O3. The number of aryl methyl sites for hydroxylation is 1. The van der Waals surface area contributed by atoms with Gasteiger partial charge in [0.15, 0.2) is 0 Å². The van der Waals surface area contributed by atoms with Crippen molar-refractivity contribution in [2.75, 3.05) is 13.2 Å². The fraction of sp³-hybridized carbons (Fsp3) is 0.350. The number of pyridine rings is 2. The summed E-state index contributed by atoms with van der Waals surface area (Å²) < 4.78 is 25.7. The molecule has 0 aliphatic carbocycles. The van der Waals surface area contributed by atoms with Crippen LogP contribution in [0.25, 0.3) is 11.4 Å². The van der Waals surface area contributed by atoms with Crippen molar-refractivity contribution in [3.8, 4) is 17.3 Å². The molecule has 1 aliphatic heterocycles. The molecule has 30 heavy (non-hydrogen) atoms. The molecule has 4 heterocycles. The monoisotopic (exact) mass is 412 g/mol. The van der Waals surface area contributed by atoms with E-state index < -0.39 is 5.82 Å². The third kappa shape index (κ3) is 4.60. The van der Waals surface area contributed by atoms with Gasteiger partial charge in [-0.1, -0.05) is 5.21 Å². The van der Waals surface area contributed by atoms with E-state index in [-0.39, 0.29) is 18.6 Å². The molecule has 0 radical (unpaired) electrons. The molecule has 3 aromatic rings. The molecule has 9 nitrogen and oxygen atoms in total. The second-order valence-corrected chi connectivity index (χ2v) is 6.90. The SMILES string of the molecule is Cn1nnc(-c2ccc(F)cn2)c1COc1ccc(C(=O)NC2CCOCC2)cn1. The van der Waals surface area contributed by atoms with E-state index >= 15 is 0 Å². The molecule has 1 saturated heterocycles. The van der Waals surface area contributed by atoms with Gasteiger partial charge in [0.2, 0.25) is 5.88 Å². The highest BCUT2D eigenvalue weighted by Gasteiger charge is 2.18. The number of carbonyl (C=O) groups excluding carboxylic acids is 1. The van der Waals surface area contributed by atoms with Crippen molar-refractivity contribution in [1.82, 2.24) is 30.3 Å². The minimum atomic E-state index is -0.425. The van der Waals surface area contributed by atoms with Crippen LogP contribution in [0.4, 0.5) is 4.39 Å². The van der Waals surface area contributed by atoms with Gasteiger partial charge >= 0.3 is 0 Å². The van der Waals surface area contributed by atoms with Crippen LogP contribution in [0.3, 0.4) is 0 Å². The van der Waals surface area contributed by atoms with Crippen LogP contribution in [0.5, 0.6) is 5.88 Å². The van der Waals surface area contributed by atoms with E-state index in [1.54, 1.807) is 23.9 Å². The molecule has 10 heteroatoms. The summed E-state index contributed by atoms with van der Waals surface area (Å²) in [7, 11) is 1.73. The van der Waals surface area contributed by atoms with Crippen molar-refractivity contribution in [2.45, 2.75) is 25.5 Å². The quantitative estimate of drug-likeness (QED) is 0.659. The molecule has 156 valence electrons. The van der Waals surface area contributed by atoms with E-state index in [2.05, 4.69) is 25.6 Å². The lowest BCUT2D eigenvalue weighted by Gasteiger charge is -2.23. The van der Waals surface area contributed by atoms with Crippen molar-refractivity contribution in [3.05, 3.63) is 53.7 Å². The van der Waals surface area contributed by atoms with Gasteiger partial charge in [-0.05, 0) is 31.0 Å². The summed E-state index contributed by atoms with van der Waals surface area (Å²) in [5.74, 6) is -0.233. The van der Waals surface area contributed by atoms with E-state index in [1.165, 1.54) is 18.3 Å². The average Bonchev–Trinajstić information content (AvgIpc) is 3.14. The lowest BCUT2D eigenvalue weighted by atomic mass is 10.1. The lowest BCUT2D eigenvalue weighted by Crippen LogP contribution is -2.38. The second kappa shape index (κ2) is 8.95. The van der Waals surface area contributed by atoms with E-state index in [4.69, 9.17) is 9.47 Å². The molecule has 1 amide bonds. The first-order chi connectivity index (χ1) is 14.6. The van der Waals surface area contributed by atoms with Crippen molar-refractivity contribution < 1.29 is 18.7 Å². The summed E-state index contributed by atoms with van der Waals surface area (Å²) in [6.45, 7) is 1.46. The minimum absolute atomic E-state index is 0.123. The molecule has 1 fully saturated rings. The van der Waals surface area contributed by atoms with Gasteiger partial charge in [0.05, 0.1) is 17.5 Å². The summed E-state index contributed by atoms with van der Waals surface area (Å²) in [6.07, 6.45) is 4.23. The fourth-order valence-corrected chi connectivity index (χ4v) is 3.11. The predicted octanol–water partition coefficient (Wildman–Crippen LogP) is 1.90. The summed E-state index contributed by atoms with van der Waals surface area (Å²) in [5, 5.41) is 11.1. The number of nitrogens with zero attached hydrogens (tertiary/aromatic N) is 5. The number of aromatic nitrogens is 5. The zero-order valence-corrected chi connectivity index (χ0v) is 16.4. The average molecular weight is 412 g/mol. The van der Waals surface area contributed by atoms with Gasteiger partial charge in [-0.2, -0.15) is 0 Å². The van der Waals surface area contributed by atoms with Crippen LogP contribution in [-0.2, 0) is 18.4 Å². The zero-order chi connectivity index (χ0) is 20.9. The molecule has 0 bridgehead atoms. The summed E-state index contributed by atoms with van der Waals surface area (Å²) in [5.41, 5.74) is 2.13. The molecule has 0 spiro atoms. The summed E-state index contributed by atoms with van der Waals surface area (Å²) >= 11 is 0. The minimum Gasteiger partial charge on any atom is -0.471 e. The highest BCUT2D eigenvalue weighted by Crippen LogP contribution is 2.20. The van der Waals surface area contributed by atoms with E-state index in [0.29, 0.717) is 41.7 Å². The molecule has 0 aromatic carbocycles. The van der Waals surface area contributed by atoms with Crippen molar-refractivity contribution in [3.63, 3.8) is 0 Å². The molecule has 1 N–H and O–H groups in total. The lowest BCUT2D eigenvalue weighted by molar-refractivity contribution is 0.0696. The van der Waals surface area contributed by atoms with Gasteiger partial charge < -0.3 is 14.8 Å². The number of amides is 1.